The molecule has 1 saturated carbocycles. The molecule has 2 aliphatic rings. The first kappa shape index (κ1) is 17.4. The number of phenolic OH excluding ortho intramolecular Hbond substituents is 1. The summed E-state index contributed by atoms with van der Waals surface area (Å²) in [7, 11) is 0. The summed E-state index contributed by atoms with van der Waals surface area (Å²) in [5.74, 6) is 2.04. The van der Waals surface area contributed by atoms with Gasteiger partial charge in [0, 0.05) is 46.6 Å². The topological polar surface area (TPSA) is 80.2 Å². The number of pyridine rings is 1. The molecule has 1 aromatic carbocycles. The lowest BCUT2D eigenvalue weighted by atomic mass is 9.95. The van der Waals surface area contributed by atoms with Gasteiger partial charge in [0.1, 0.15) is 11.4 Å². The second-order valence-electron chi connectivity index (χ2n) is 8.10. The number of rotatable bonds is 3. The van der Waals surface area contributed by atoms with E-state index >= 15 is 0 Å². The molecule has 2 fully saturated rings. The van der Waals surface area contributed by atoms with Crippen LogP contribution in [0.4, 0.5) is 5.82 Å². The van der Waals surface area contributed by atoms with Gasteiger partial charge in [-0.05, 0) is 49.9 Å². The number of nitrogens with zero attached hydrogens (tertiary/aromatic N) is 3. The minimum absolute atomic E-state index is 0.230. The second kappa shape index (κ2) is 6.71. The van der Waals surface area contributed by atoms with Crippen LogP contribution in [0.15, 0.2) is 30.6 Å². The highest BCUT2D eigenvalue weighted by molar-refractivity contribution is 6.01. The number of aromatic hydroxyl groups is 1. The molecule has 2 bridgehead atoms. The van der Waals surface area contributed by atoms with E-state index < -0.39 is 0 Å². The average molecular weight is 376 g/mol. The number of aryl methyl sites for hydroxylation is 2. The Bertz CT molecular complexity index is 1010. The van der Waals surface area contributed by atoms with Crippen molar-refractivity contribution in [3.8, 4) is 17.0 Å². The van der Waals surface area contributed by atoms with Gasteiger partial charge in [0.25, 0.3) is 0 Å². The Morgan fingerprint density at radius 3 is 2.61 bits per heavy atom. The number of hydrogen-bond donors (Lipinski definition) is 2. The zero-order valence-corrected chi connectivity index (χ0v) is 16.1. The van der Waals surface area contributed by atoms with E-state index in [4.69, 9.17) is 4.74 Å². The van der Waals surface area contributed by atoms with E-state index in [1.165, 1.54) is 12.8 Å². The maximum Gasteiger partial charge on any atom is 0.158 e. The average Bonchev–Trinajstić information content (AvgIpc) is 2.88. The van der Waals surface area contributed by atoms with Crippen molar-refractivity contribution in [2.75, 3.05) is 18.5 Å². The zero-order chi connectivity index (χ0) is 19.3. The number of ether oxygens (including phenoxy) is 1. The smallest absolute Gasteiger partial charge is 0.158 e. The maximum absolute atomic E-state index is 10.6. The summed E-state index contributed by atoms with van der Waals surface area (Å²) in [6, 6.07) is 6.13. The van der Waals surface area contributed by atoms with Crippen LogP contribution in [0.1, 0.15) is 24.0 Å². The molecule has 3 aromatic rings. The third kappa shape index (κ3) is 2.79. The maximum atomic E-state index is 10.6. The molecule has 2 aromatic heterocycles. The molecule has 1 aliphatic carbocycles. The predicted molar refractivity (Wildman–Crippen MR) is 108 cm³/mol. The summed E-state index contributed by atoms with van der Waals surface area (Å²) in [4.78, 5) is 4.32. The van der Waals surface area contributed by atoms with Crippen molar-refractivity contribution < 1.29 is 9.84 Å². The summed E-state index contributed by atoms with van der Waals surface area (Å²) in [5.41, 5.74) is 3.42. The standard InChI is InChI=1S/C22H24N4O2/c1-12-7-13(2)19(18(27)8-12)21-16-5-6-23-9-17(16)22(26-25-21)24-20-14-3-4-15(20)11-28-10-14/h5-9,14-15,20,27H,3-4,10-11H2,1-2H3,(H,24,26)/t14-,15+,20?. The highest BCUT2D eigenvalue weighted by Gasteiger charge is 2.40. The van der Waals surface area contributed by atoms with E-state index in [-0.39, 0.29) is 5.75 Å². The highest BCUT2D eigenvalue weighted by Crippen LogP contribution is 2.40. The first-order valence-corrected chi connectivity index (χ1v) is 9.87. The monoisotopic (exact) mass is 376 g/mol. The van der Waals surface area contributed by atoms with E-state index in [9.17, 15) is 5.11 Å². The van der Waals surface area contributed by atoms with Crippen LogP contribution in [-0.2, 0) is 4.74 Å². The number of anilines is 1. The van der Waals surface area contributed by atoms with Crippen LogP contribution in [0, 0.1) is 25.7 Å². The van der Waals surface area contributed by atoms with Gasteiger partial charge in [-0.25, -0.2) is 0 Å². The molecule has 0 spiro atoms. The summed E-state index contributed by atoms with van der Waals surface area (Å²) >= 11 is 0. The van der Waals surface area contributed by atoms with Gasteiger partial charge < -0.3 is 15.2 Å². The molecule has 3 atom stereocenters. The molecule has 1 unspecified atom stereocenters. The van der Waals surface area contributed by atoms with Crippen LogP contribution in [-0.4, -0.2) is 39.5 Å². The first-order valence-electron chi connectivity index (χ1n) is 9.87. The van der Waals surface area contributed by atoms with E-state index in [1.807, 2.05) is 26.1 Å². The van der Waals surface area contributed by atoms with Gasteiger partial charge in [-0.3, -0.25) is 4.98 Å². The van der Waals surface area contributed by atoms with Crippen molar-refractivity contribution in [1.82, 2.24) is 15.2 Å². The minimum atomic E-state index is 0.230. The molecule has 28 heavy (non-hydrogen) atoms. The Labute approximate surface area is 164 Å². The highest BCUT2D eigenvalue weighted by atomic mass is 16.5. The van der Waals surface area contributed by atoms with E-state index in [2.05, 4.69) is 26.6 Å². The molecule has 5 rings (SSSR count). The number of hydrogen-bond acceptors (Lipinski definition) is 6. The Hall–Kier alpha value is -2.73. The lowest BCUT2D eigenvalue weighted by Crippen LogP contribution is -2.39. The summed E-state index contributed by atoms with van der Waals surface area (Å²) in [6.07, 6.45) is 5.98. The Morgan fingerprint density at radius 1 is 1.07 bits per heavy atom. The molecule has 0 amide bonds. The normalized spacial score (nSPS) is 23.9. The third-order valence-corrected chi connectivity index (χ3v) is 6.17. The van der Waals surface area contributed by atoms with Crippen LogP contribution < -0.4 is 5.32 Å². The van der Waals surface area contributed by atoms with Crippen LogP contribution >= 0.6 is 0 Å². The summed E-state index contributed by atoms with van der Waals surface area (Å²) < 4.78 is 5.71. The molecular formula is C22H24N4O2. The van der Waals surface area contributed by atoms with Gasteiger partial charge in [0.15, 0.2) is 5.82 Å². The van der Waals surface area contributed by atoms with Crippen molar-refractivity contribution in [1.29, 1.82) is 0 Å². The largest absolute Gasteiger partial charge is 0.507 e. The lowest BCUT2D eigenvalue weighted by molar-refractivity contribution is 0.0392. The zero-order valence-electron chi connectivity index (χ0n) is 16.1. The van der Waals surface area contributed by atoms with E-state index in [0.717, 1.165) is 46.5 Å². The van der Waals surface area contributed by atoms with Crippen LogP contribution in [0.5, 0.6) is 5.75 Å². The molecule has 6 nitrogen and oxygen atoms in total. The fraction of sp³-hybridized carbons (Fsp3) is 0.409. The van der Waals surface area contributed by atoms with Crippen molar-refractivity contribution in [3.05, 3.63) is 41.7 Å². The molecule has 1 aliphatic heterocycles. The molecule has 3 heterocycles. The Kier molecular flexibility index (Phi) is 4.16. The van der Waals surface area contributed by atoms with Crippen molar-refractivity contribution in [2.45, 2.75) is 32.7 Å². The Morgan fingerprint density at radius 2 is 1.86 bits per heavy atom. The quantitative estimate of drug-likeness (QED) is 0.723. The van der Waals surface area contributed by atoms with Crippen molar-refractivity contribution in [2.24, 2.45) is 11.8 Å². The molecule has 2 N–H and O–H groups in total. The van der Waals surface area contributed by atoms with Gasteiger partial charge in [0.2, 0.25) is 0 Å². The molecule has 6 heteroatoms. The number of benzene rings is 1. The van der Waals surface area contributed by atoms with Gasteiger partial charge >= 0.3 is 0 Å². The SMILES string of the molecule is Cc1cc(C)c(-c2nnc(NC3[C@@H]4CC[C@H]3COC4)c3cnccc23)c(O)c1. The van der Waals surface area contributed by atoms with Gasteiger partial charge in [-0.1, -0.05) is 6.07 Å². The van der Waals surface area contributed by atoms with Gasteiger partial charge in [0.05, 0.1) is 13.2 Å². The van der Waals surface area contributed by atoms with Crippen molar-refractivity contribution >= 4 is 16.6 Å². The predicted octanol–water partition coefficient (Wildman–Crippen LogP) is 3.85. The number of aromatic nitrogens is 3. The van der Waals surface area contributed by atoms with Crippen LogP contribution in [0.25, 0.3) is 22.0 Å². The van der Waals surface area contributed by atoms with E-state index in [0.29, 0.717) is 23.6 Å². The van der Waals surface area contributed by atoms with E-state index in [1.54, 1.807) is 12.3 Å². The van der Waals surface area contributed by atoms with Crippen LogP contribution in [0.2, 0.25) is 0 Å². The fourth-order valence-corrected chi connectivity index (χ4v) is 4.85. The van der Waals surface area contributed by atoms with Crippen LogP contribution in [0.3, 0.4) is 0 Å². The summed E-state index contributed by atoms with van der Waals surface area (Å²) in [5, 5.41) is 25.2. The fourth-order valence-electron chi connectivity index (χ4n) is 4.85. The second-order valence-corrected chi connectivity index (χ2v) is 8.10. The van der Waals surface area contributed by atoms with Gasteiger partial charge in [-0.15, -0.1) is 10.2 Å². The number of nitrogens with one attached hydrogen (secondary N) is 1. The van der Waals surface area contributed by atoms with Crippen molar-refractivity contribution in [3.63, 3.8) is 0 Å². The first-order chi connectivity index (χ1) is 13.6. The lowest BCUT2D eigenvalue weighted by Gasteiger charge is -2.31. The molecule has 0 radical (unpaired) electrons. The minimum Gasteiger partial charge on any atom is -0.507 e. The third-order valence-electron chi connectivity index (χ3n) is 6.17. The number of phenols is 1. The molecular weight excluding hydrogens is 352 g/mol. The molecule has 144 valence electrons. The Balaban J connectivity index is 1.61. The molecule has 1 saturated heterocycles. The summed E-state index contributed by atoms with van der Waals surface area (Å²) in [6.45, 7) is 5.58. The van der Waals surface area contributed by atoms with Gasteiger partial charge in [-0.2, -0.15) is 0 Å². The number of fused-ring (bicyclic) bond motifs is 3.